The average Bonchev–Trinajstić information content (AvgIpc) is 2.90. The summed E-state index contributed by atoms with van der Waals surface area (Å²) < 4.78 is 26.7. The monoisotopic (exact) mass is 312 g/mol. The zero-order valence-corrected chi connectivity index (χ0v) is 12.8. The molecule has 4 rings (SSSR count). The van der Waals surface area contributed by atoms with Gasteiger partial charge in [-0.25, -0.2) is 17.4 Å². The standard InChI is InChI=1S/C17H16N2O2S/c20-22(21,16-7-2-1-3-8-16)19-10-9-14-11-15(12-18-17(14)19)13-5-4-6-13/h1-3,7-13H,4-6H2. The van der Waals surface area contributed by atoms with Crippen molar-refractivity contribution < 1.29 is 8.42 Å². The molecule has 112 valence electrons. The largest absolute Gasteiger partial charge is 0.269 e. The van der Waals surface area contributed by atoms with E-state index in [9.17, 15) is 8.42 Å². The molecule has 3 aromatic rings. The highest BCUT2D eigenvalue weighted by molar-refractivity contribution is 7.90. The first-order valence-electron chi connectivity index (χ1n) is 7.44. The summed E-state index contributed by atoms with van der Waals surface area (Å²) in [6.07, 6.45) is 7.09. The lowest BCUT2D eigenvalue weighted by molar-refractivity contribution is 0.419. The molecule has 1 fully saturated rings. The lowest BCUT2D eigenvalue weighted by Gasteiger charge is -2.25. The van der Waals surface area contributed by atoms with Gasteiger partial charge < -0.3 is 0 Å². The highest BCUT2D eigenvalue weighted by Gasteiger charge is 2.22. The van der Waals surface area contributed by atoms with Gasteiger partial charge >= 0.3 is 0 Å². The van der Waals surface area contributed by atoms with Crippen LogP contribution in [-0.2, 0) is 10.0 Å². The molecule has 0 bridgehead atoms. The second kappa shape index (κ2) is 4.95. The Morgan fingerprint density at radius 1 is 1.09 bits per heavy atom. The van der Waals surface area contributed by atoms with Crippen molar-refractivity contribution >= 4 is 21.1 Å². The van der Waals surface area contributed by atoms with Crippen LogP contribution in [0, 0.1) is 0 Å². The van der Waals surface area contributed by atoms with Crippen molar-refractivity contribution in [3.63, 3.8) is 0 Å². The third kappa shape index (κ3) is 2.04. The molecule has 2 heterocycles. The van der Waals surface area contributed by atoms with E-state index in [-0.39, 0.29) is 4.90 Å². The number of hydrogen-bond donors (Lipinski definition) is 0. The van der Waals surface area contributed by atoms with Crippen molar-refractivity contribution in [3.8, 4) is 0 Å². The Morgan fingerprint density at radius 2 is 1.86 bits per heavy atom. The SMILES string of the molecule is O=S(=O)(c1ccccc1)n1ccc2cc(C3CCC3)cnc21. The zero-order valence-electron chi connectivity index (χ0n) is 12.0. The van der Waals surface area contributed by atoms with Gasteiger partial charge in [-0.3, -0.25) is 0 Å². The smallest absolute Gasteiger partial charge is 0.237 e. The Balaban J connectivity index is 1.82. The summed E-state index contributed by atoms with van der Waals surface area (Å²) >= 11 is 0. The molecule has 22 heavy (non-hydrogen) atoms. The third-order valence-electron chi connectivity index (χ3n) is 4.39. The first-order chi connectivity index (χ1) is 10.7. The van der Waals surface area contributed by atoms with Gasteiger partial charge in [0.25, 0.3) is 10.0 Å². The van der Waals surface area contributed by atoms with Crippen LogP contribution in [0.5, 0.6) is 0 Å². The van der Waals surface area contributed by atoms with Crippen LogP contribution in [-0.4, -0.2) is 17.4 Å². The highest BCUT2D eigenvalue weighted by Crippen LogP contribution is 2.37. The molecule has 0 radical (unpaired) electrons. The number of hydrogen-bond acceptors (Lipinski definition) is 3. The molecule has 0 amide bonds. The van der Waals surface area contributed by atoms with Crippen LogP contribution < -0.4 is 0 Å². The van der Waals surface area contributed by atoms with Gasteiger partial charge in [-0.2, -0.15) is 0 Å². The Kier molecular flexibility index (Phi) is 3.04. The summed E-state index contributed by atoms with van der Waals surface area (Å²) in [5.41, 5.74) is 1.71. The van der Waals surface area contributed by atoms with E-state index in [0.29, 0.717) is 11.6 Å². The predicted molar refractivity (Wildman–Crippen MR) is 85.4 cm³/mol. The maximum absolute atomic E-state index is 12.7. The minimum Gasteiger partial charge on any atom is -0.237 e. The fraction of sp³-hybridized carbons (Fsp3) is 0.235. The van der Waals surface area contributed by atoms with E-state index in [0.717, 1.165) is 5.39 Å². The van der Waals surface area contributed by atoms with Crippen molar-refractivity contribution in [3.05, 3.63) is 60.4 Å². The number of benzene rings is 1. The molecule has 0 atom stereocenters. The van der Waals surface area contributed by atoms with Crippen LogP contribution in [0.25, 0.3) is 11.0 Å². The number of rotatable bonds is 3. The van der Waals surface area contributed by atoms with E-state index in [4.69, 9.17) is 0 Å². The molecule has 1 aliphatic rings. The second-order valence-corrected chi connectivity index (χ2v) is 7.55. The van der Waals surface area contributed by atoms with E-state index >= 15 is 0 Å². The fourth-order valence-corrected chi connectivity index (χ4v) is 4.21. The third-order valence-corrected chi connectivity index (χ3v) is 6.07. The Hall–Kier alpha value is -2.14. The quantitative estimate of drug-likeness (QED) is 0.743. The van der Waals surface area contributed by atoms with Gasteiger partial charge in [-0.05, 0) is 48.6 Å². The first-order valence-corrected chi connectivity index (χ1v) is 8.88. The Bertz CT molecular complexity index is 926. The van der Waals surface area contributed by atoms with Crippen LogP contribution in [0.3, 0.4) is 0 Å². The van der Waals surface area contributed by atoms with Crippen LogP contribution in [0.2, 0.25) is 0 Å². The maximum Gasteiger partial charge on any atom is 0.269 e. The summed E-state index contributed by atoms with van der Waals surface area (Å²) in [5.74, 6) is 0.589. The number of pyridine rings is 1. The molecule has 0 aliphatic heterocycles. The van der Waals surface area contributed by atoms with Gasteiger partial charge in [0.15, 0.2) is 5.65 Å². The second-order valence-electron chi connectivity index (χ2n) is 5.74. The summed E-state index contributed by atoms with van der Waals surface area (Å²) in [7, 11) is -3.59. The molecule has 2 aromatic heterocycles. The minimum atomic E-state index is -3.59. The molecule has 0 spiro atoms. The molecule has 0 saturated heterocycles. The summed E-state index contributed by atoms with van der Waals surface area (Å²) in [4.78, 5) is 4.69. The van der Waals surface area contributed by atoms with Crippen molar-refractivity contribution in [1.29, 1.82) is 0 Å². The minimum absolute atomic E-state index is 0.275. The normalized spacial score (nSPS) is 15.8. The van der Waals surface area contributed by atoms with Crippen LogP contribution in [0.15, 0.2) is 59.8 Å². The van der Waals surface area contributed by atoms with Gasteiger partial charge in [-0.1, -0.05) is 24.6 Å². The van der Waals surface area contributed by atoms with Crippen LogP contribution in [0.1, 0.15) is 30.7 Å². The fourth-order valence-electron chi connectivity index (χ4n) is 2.88. The van der Waals surface area contributed by atoms with Gasteiger partial charge in [0.05, 0.1) is 4.90 Å². The highest BCUT2D eigenvalue weighted by atomic mass is 32.2. The van der Waals surface area contributed by atoms with Gasteiger partial charge in [0.1, 0.15) is 0 Å². The topological polar surface area (TPSA) is 52.0 Å². The lowest BCUT2D eigenvalue weighted by Crippen LogP contribution is -2.13. The molecular formula is C17H16N2O2S. The number of aromatic nitrogens is 2. The van der Waals surface area contributed by atoms with E-state index < -0.39 is 10.0 Å². The molecule has 1 aromatic carbocycles. The predicted octanol–water partition coefficient (Wildman–Crippen LogP) is 3.54. The molecule has 1 saturated carbocycles. The summed E-state index contributed by atoms with van der Waals surface area (Å²) in [5, 5.41) is 0.879. The van der Waals surface area contributed by atoms with Crippen molar-refractivity contribution in [1.82, 2.24) is 8.96 Å². The molecule has 1 aliphatic carbocycles. The van der Waals surface area contributed by atoms with E-state index in [1.807, 2.05) is 12.3 Å². The molecule has 0 unspecified atom stereocenters. The van der Waals surface area contributed by atoms with E-state index in [2.05, 4.69) is 11.1 Å². The first kappa shape index (κ1) is 13.5. The summed E-state index contributed by atoms with van der Waals surface area (Å²) in [6.45, 7) is 0. The molecule has 4 nitrogen and oxygen atoms in total. The van der Waals surface area contributed by atoms with E-state index in [1.165, 1.54) is 28.8 Å². The lowest BCUT2D eigenvalue weighted by atomic mass is 9.80. The average molecular weight is 312 g/mol. The molecule has 0 N–H and O–H groups in total. The number of fused-ring (bicyclic) bond motifs is 1. The molecular weight excluding hydrogens is 296 g/mol. The zero-order chi connectivity index (χ0) is 15.2. The van der Waals surface area contributed by atoms with Gasteiger partial charge in [-0.15, -0.1) is 0 Å². The van der Waals surface area contributed by atoms with Gasteiger partial charge in [0.2, 0.25) is 0 Å². The molecule has 5 heteroatoms. The number of nitrogens with zero attached hydrogens (tertiary/aromatic N) is 2. The van der Waals surface area contributed by atoms with Crippen molar-refractivity contribution in [2.75, 3.05) is 0 Å². The van der Waals surface area contributed by atoms with Crippen molar-refractivity contribution in [2.24, 2.45) is 0 Å². The maximum atomic E-state index is 12.7. The summed E-state index contributed by atoms with van der Waals surface area (Å²) in [6, 6.07) is 12.3. The van der Waals surface area contributed by atoms with E-state index in [1.54, 1.807) is 36.5 Å². The Labute approximate surface area is 129 Å². The Morgan fingerprint density at radius 3 is 2.55 bits per heavy atom. The van der Waals surface area contributed by atoms with Crippen LogP contribution >= 0.6 is 0 Å². The van der Waals surface area contributed by atoms with Crippen LogP contribution in [0.4, 0.5) is 0 Å². The van der Waals surface area contributed by atoms with Gasteiger partial charge in [0, 0.05) is 17.8 Å². The van der Waals surface area contributed by atoms with Crippen molar-refractivity contribution in [2.45, 2.75) is 30.1 Å².